The van der Waals surface area contributed by atoms with E-state index in [1.165, 1.54) is 23.9 Å². The van der Waals surface area contributed by atoms with Gasteiger partial charge in [0.15, 0.2) is 0 Å². The number of hydrogen-bond donors (Lipinski definition) is 0. The average Bonchev–Trinajstić information content (AvgIpc) is 2.87. The van der Waals surface area contributed by atoms with Gasteiger partial charge in [0, 0.05) is 5.25 Å². The summed E-state index contributed by atoms with van der Waals surface area (Å²) < 4.78 is 18.6. The second-order valence-corrected chi connectivity index (χ2v) is 8.14. The molecule has 4 nitrogen and oxygen atoms in total. The van der Waals surface area contributed by atoms with E-state index in [9.17, 15) is 14.0 Å². The normalized spacial score (nSPS) is 14.5. The number of anilines is 1. The molecule has 2 aromatic carbocycles. The molecule has 0 N–H and O–H groups in total. The number of rotatable bonds is 5. The molecule has 0 radical (unpaired) electrons. The largest absolute Gasteiger partial charge is 0.497 e. The maximum Gasteiger partial charge on any atom is 0.272 e. The first kappa shape index (κ1) is 19.5. The van der Waals surface area contributed by atoms with E-state index in [1.54, 1.807) is 31.4 Å². The lowest BCUT2D eigenvalue weighted by Gasteiger charge is -2.16. The topological polar surface area (TPSA) is 46.6 Å². The van der Waals surface area contributed by atoms with Crippen LogP contribution in [0.3, 0.4) is 0 Å². The van der Waals surface area contributed by atoms with Gasteiger partial charge in [0.1, 0.15) is 11.6 Å². The van der Waals surface area contributed by atoms with Crippen molar-refractivity contribution in [2.24, 2.45) is 0 Å². The lowest BCUT2D eigenvalue weighted by atomic mass is 10.1. The van der Waals surface area contributed by atoms with E-state index in [0.717, 1.165) is 11.0 Å². The Morgan fingerprint density at radius 1 is 1.07 bits per heavy atom. The molecular formula is C20H17ClFNO3S. The summed E-state index contributed by atoms with van der Waals surface area (Å²) in [6, 6.07) is 10.7. The Kier molecular flexibility index (Phi) is 5.58. The molecule has 1 heterocycles. The third-order valence-corrected chi connectivity index (χ3v) is 5.31. The quantitative estimate of drug-likeness (QED) is 0.663. The minimum atomic E-state index is -0.611. The average molecular weight is 406 g/mol. The Labute approximate surface area is 166 Å². The van der Waals surface area contributed by atoms with Crippen molar-refractivity contribution in [2.45, 2.75) is 19.1 Å². The molecule has 0 aliphatic carbocycles. The molecule has 140 valence electrons. The maximum atomic E-state index is 13.5. The third kappa shape index (κ3) is 3.73. The van der Waals surface area contributed by atoms with Gasteiger partial charge in [0.2, 0.25) is 0 Å². The molecule has 0 saturated heterocycles. The summed E-state index contributed by atoms with van der Waals surface area (Å²) in [5.41, 5.74) is 1.18. The second-order valence-electron chi connectivity index (χ2n) is 6.14. The van der Waals surface area contributed by atoms with Gasteiger partial charge in [-0.1, -0.05) is 37.6 Å². The van der Waals surface area contributed by atoms with Crippen molar-refractivity contribution in [3.05, 3.63) is 63.8 Å². The van der Waals surface area contributed by atoms with Gasteiger partial charge in [-0.2, -0.15) is 0 Å². The molecule has 0 fully saturated rings. The van der Waals surface area contributed by atoms with Crippen LogP contribution >= 0.6 is 23.4 Å². The number of nitrogens with zero attached hydrogens (tertiary/aromatic N) is 1. The van der Waals surface area contributed by atoms with Gasteiger partial charge in [-0.15, -0.1) is 11.8 Å². The number of benzene rings is 2. The van der Waals surface area contributed by atoms with Crippen LogP contribution in [0.15, 0.2) is 47.4 Å². The number of halogens is 2. The van der Waals surface area contributed by atoms with Crippen LogP contribution in [-0.2, 0) is 9.59 Å². The Balaban J connectivity index is 2.09. The summed E-state index contributed by atoms with van der Waals surface area (Å²) in [4.78, 5) is 27.5. The summed E-state index contributed by atoms with van der Waals surface area (Å²) >= 11 is 7.16. The molecule has 2 amide bonds. The van der Waals surface area contributed by atoms with Crippen LogP contribution in [0.5, 0.6) is 5.75 Å². The molecule has 0 saturated carbocycles. The zero-order chi connectivity index (χ0) is 19.7. The first-order valence-corrected chi connectivity index (χ1v) is 9.48. The smallest absolute Gasteiger partial charge is 0.272 e. The first-order chi connectivity index (χ1) is 12.8. The fourth-order valence-corrected chi connectivity index (χ4v) is 3.89. The van der Waals surface area contributed by atoms with E-state index in [2.05, 4.69) is 0 Å². The highest BCUT2D eigenvalue weighted by molar-refractivity contribution is 8.04. The number of methoxy groups -OCH3 is 1. The second kappa shape index (κ2) is 7.74. The van der Waals surface area contributed by atoms with Gasteiger partial charge in [-0.25, -0.2) is 9.29 Å². The number of ether oxygens (including phenoxy) is 1. The van der Waals surface area contributed by atoms with Crippen molar-refractivity contribution < 1.29 is 18.7 Å². The van der Waals surface area contributed by atoms with Crippen LogP contribution in [0, 0.1) is 5.82 Å². The highest BCUT2D eigenvalue weighted by Crippen LogP contribution is 2.40. The first-order valence-electron chi connectivity index (χ1n) is 8.22. The van der Waals surface area contributed by atoms with Crippen molar-refractivity contribution in [1.82, 2.24) is 0 Å². The lowest BCUT2D eigenvalue weighted by Crippen LogP contribution is -2.31. The van der Waals surface area contributed by atoms with Gasteiger partial charge < -0.3 is 4.74 Å². The Morgan fingerprint density at radius 3 is 2.30 bits per heavy atom. The molecule has 0 unspecified atom stereocenters. The fraction of sp³-hybridized carbons (Fsp3) is 0.200. The van der Waals surface area contributed by atoms with Crippen molar-refractivity contribution in [3.8, 4) is 5.75 Å². The number of imide groups is 1. The van der Waals surface area contributed by atoms with Gasteiger partial charge in [-0.3, -0.25) is 9.59 Å². The number of carbonyl (C=O) groups excluding carboxylic acids is 2. The number of amides is 2. The molecule has 2 aromatic rings. The number of hydrogen-bond acceptors (Lipinski definition) is 4. The SMILES string of the molecule is COc1ccc(C2=C(SC(C)C)C(=O)N(c3ccc(F)c(Cl)c3)C2=O)cc1. The molecule has 0 spiro atoms. The Hall–Kier alpha value is -2.31. The van der Waals surface area contributed by atoms with E-state index < -0.39 is 17.6 Å². The third-order valence-electron chi connectivity index (χ3n) is 3.93. The van der Waals surface area contributed by atoms with Crippen LogP contribution in [0.4, 0.5) is 10.1 Å². The molecule has 0 aromatic heterocycles. The zero-order valence-corrected chi connectivity index (χ0v) is 16.5. The summed E-state index contributed by atoms with van der Waals surface area (Å²) in [6.45, 7) is 3.89. The monoisotopic (exact) mass is 405 g/mol. The van der Waals surface area contributed by atoms with Crippen molar-refractivity contribution >= 4 is 46.4 Å². The summed E-state index contributed by atoms with van der Waals surface area (Å²) in [6.07, 6.45) is 0. The van der Waals surface area contributed by atoms with Crippen LogP contribution in [0.25, 0.3) is 5.57 Å². The molecular weight excluding hydrogens is 389 g/mol. The van der Waals surface area contributed by atoms with Crippen LogP contribution in [0.1, 0.15) is 19.4 Å². The maximum absolute atomic E-state index is 13.5. The highest BCUT2D eigenvalue weighted by atomic mass is 35.5. The van der Waals surface area contributed by atoms with Crippen molar-refractivity contribution in [3.63, 3.8) is 0 Å². The summed E-state index contributed by atoms with van der Waals surface area (Å²) in [5.74, 6) is -0.862. The van der Waals surface area contributed by atoms with Crippen LogP contribution in [-0.4, -0.2) is 24.2 Å². The highest BCUT2D eigenvalue weighted by Gasteiger charge is 2.40. The van der Waals surface area contributed by atoms with Gasteiger partial charge in [0.25, 0.3) is 11.8 Å². The number of carbonyl (C=O) groups is 2. The molecule has 7 heteroatoms. The molecule has 1 aliphatic rings. The van der Waals surface area contributed by atoms with E-state index in [4.69, 9.17) is 16.3 Å². The zero-order valence-electron chi connectivity index (χ0n) is 15.0. The van der Waals surface area contributed by atoms with E-state index in [0.29, 0.717) is 21.8 Å². The molecule has 3 rings (SSSR count). The molecule has 0 bridgehead atoms. The predicted molar refractivity (Wildman–Crippen MR) is 107 cm³/mol. The van der Waals surface area contributed by atoms with Gasteiger partial charge in [-0.05, 0) is 35.9 Å². The van der Waals surface area contributed by atoms with Gasteiger partial charge in [0.05, 0.1) is 28.3 Å². The Morgan fingerprint density at radius 2 is 1.74 bits per heavy atom. The molecule has 27 heavy (non-hydrogen) atoms. The van der Waals surface area contributed by atoms with Gasteiger partial charge >= 0.3 is 0 Å². The lowest BCUT2D eigenvalue weighted by molar-refractivity contribution is -0.119. The van der Waals surface area contributed by atoms with E-state index in [1.807, 2.05) is 13.8 Å². The minimum absolute atomic E-state index is 0.0988. The molecule has 0 atom stereocenters. The van der Waals surface area contributed by atoms with E-state index in [-0.39, 0.29) is 16.0 Å². The van der Waals surface area contributed by atoms with E-state index >= 15 is 0 Å². The fourth-order valence-electron chi connectivity index (χ4n) is 2.73. The van der Waals surface area contributed by atoms with Crippen molar-refractivity contribution in [2.75, 3.05) is 12.0 Å². The van der Waals surface area contributed by atoms with Crippen molar-refractivity contribution in [1.29, 1.82) is 0 Å². The molecule has 1 aliphatic heterocycles. The standard InChI is InChI=1S/C20H17ClFNO3S/c1-11(2)27-18-17(12-4-7-14(26-3)8-5-12)19(24)23(20(18)25)13-6-9-16(22)15(21)10-13/h4-11H,1-3H3. The number of thioether (sulfide) groups is 1. The summed E-state index contributed by atoms with van der Waals surface area (Å²) in [5, 5.41) is -0.0502. The van der Waals surface area contributed by atoms with Crippen LogP contribution < -0.4 is 9.64 Å². The van der Waals surface area contributed by atoms with Crippen LogP contribution in [0.2, 0.25) is 5.02 Å². The summed E-state index contributed by atoms with van der Waals surface area (Å²) in [7, 11) is 1.55. The Bertz CT molecular complexity index is 941. The minimum Gasteiger partial charge on any atom is -0.497 e. The predicted octanol–water partition coefficient (Wildman–Crippen LogP) is 4.91.